The van der Waals surface area contributed by atoms with E-state index in [0.717, 1.165) is 6.54 Å². The molecule has 2 rings (SSSR count). The standard InChI is InChI=1S/C11H15N3S/c1-9(11-5-6-13-14(11)2)12-8-10-4-3-7-15-10/h3-7,9,12H,8H2,1-2H3. The molecule has 3 nitrogen and oxygen atoms in total. The van der Waals surface area contributed by atoms with E-state index in [2.05, 4.69) is 34.9 Å². The van der Waals surface area contributed by atoms with Crippen LogP contribution in [0.25, 0.3) is 0 Å². The Morgan fingerprint density at radius 2 is 2.40 bits per heavy atom. The largest absolute Gasteiger partial charge is 0.304 e. The van der Waals surface area contributed by atoms with E-state index >= 15 is 0 Å². The van der Waals surface area contributed by atoms with Crippen molar-refractivity contribution in [2.75, 3.05) is 0 Å². The van der Waals surface area contributed by atoms with Gasteiger partial charge in [0.05, 0.1) is 5.69 Å². The van der Waals surface area contributed by atoms with Crippen LogP contribution in [0.15, 0.2) is 29.8 Å². The molecule has 0 aliphatic heterocycles. The second-order valence-electron chi connectivity index (χ2n) is 3.56. The summed E-state index contributed by atoms with van der Waals surface area (Å²) in [4.78, 5) is 1.36. The van der Waals surface area contributed by atoms with Crippen LogP contribution in [0.1, 0.15) is 23.5 Å². The smallest absolute Gasteiger partial charge is 0.0547 e. The van der Waals surface area contributed by atoms with E-state index in [4.69, 9.17) is 0 Å². The third kappa shape index (κ3) is 2.46. The van der Waals surface area contributed by atoms with Crippen LogP contribution in [-0.4, -0.2) is 9.78 Å². The number of hydrogen-bond donors (Lipinski definition) is 1. The molecule has 0 fully saturated rings. The number of nitrogens with zero attached hydrogens (tertiary/aromatic N) is 2. The van der Waals surface area contributed by atoms with E-state index < -0.39 is 0 Å². The zero-order valence-electron chi connectivity index (χ0n) is 8.97. The summed E-state index contributed by atoms with van der Waals surface area (Å²) in [6, 6.07) is 6.61. The van der Waals surface area contributed by atoms with Crippen molar-refractivity contribution in [3.05, 3.63) is 40.3 Å². The lowest BCUT2D eigenvalue weighted by atomic mass is 10.2. The first-order valence-corrected chi connectivity index (χ1v) is 5.89. The number of aryl methyl sites for hydroxylation is 1. The minimum Gasteiger partial charge on any atom is -0.304 e. The van der Waals surface area contributed by atoms with Gasteiger partial charge in [-0.1, -0.05) is 6.07 Å². The molecule has 0 saturated heterocycles. The molecule has 0 aliphatic carbocycles. The van der Waals surface area contributed by atoms with Gasteiger partial charge >= 0.3 is 0 Å². The fourth-order valence-electron chi connectivity index (χ4n) is 1.58. The molecule has 15 heavy (non-hydrogen) atoms. The van der Waals surface area contributed by atoms with Crippen molar-refractivity contribution in [3.8, 4) is 0 Å². The highest BCUT2D eigenvalue weighted by Crippen LogP contribution is 2.13. The maximum Gasteiger partial charge on any atom is 0.0547 e. The predicted octanol–water partition coefficient (Wildman–Crippen LogP) is 2.33. The molecule has 2 aromatic heterocycles. The highest BCUT2D eigenvalue weighted by Gasteiger charge is 2.08. The normalized spacial score (nSPS) is 12.9. The van der Waals surface area contributed by atoms with Gasteiger partial charge in [0.15, 0.2) is 0 Å². The van der Waals surface area contributed by atoms with Crippen LogP contribution in [0.2, 0.25) is 0 Å². The highest BCUT2D eigenvalue weighted by atomic mass is 32.1. The molecule has 0 aromatic carbocycles. The summed E-state index contributed by atoms with van der Waals surface area (Å²) in [6.07, 6.45) is 1.83. The Morgan fingerprint density at radius 3 is 3.00 bits per heavy atom. The molecular weight excluding hydrogens is 206 g/mol. The molecule has 1 unspecified atom stereocenters. The molecule has 0 radical (unpaired) electrons. The van der Waals surface area contributed by atoms with Crippen molar-refractivity contribution in [1.29, 1.82) is 0 Å². The van der Waals surface area contributed by atoms with Gasteiger partial charge in [0.25, 0.3) is 0 Å². The summed E-state index contributed by atoms with van der Waals surface area (Å²) in [6.45, 7) is 3.08. The minimum atomic E-state index is 0.333. The first-order valence-electron chi connectivity index (χ1n) is 5.01. The Bertz CT molecular complexity index is 405. The Hall–Kier alpha value is -1.13. The van der Waals surface area contributed by atoms with Gasteiger partial charge in [-0.3, -0.25) is 4.68 Å². The lowest BCUT2D eigenvalue weighted by Gasteiger charge is -2.13. The Labute approximate surface area is 93.7 Å². The lowest BCUT2D eigenvalue weighted by molar-refractivity contribution is 0.532. The van der Waals surface area contributed by atoms with Crippen LogP contribution >= 0.6 is 11.3 Å². The van der Waals surface area contributed by atoms with Crippen molar-refractivity contribution in [2.24, 2.45) is 7.05 Å². The molecule has 0 aliphatic rings. The lowest BCUT2D eigenvalue weighted by Crippen LogP contribution is -2.19. The number of thiophene rings is 1. The molecule has 1 N–H and O–H groups in total. The summed E-state index contributed by atoms with van der Waals surface area (Å²) in [7, 11) is 1.97. The molecule has 4 heteroatoms. The van der Waals surface area contributed by atoms with Crippen molar-refractivity contribution >= 4 is 11.3 Å². The Kier molecular flexibility index (Phi) is 3.18. The third-order valence-electron chi connectivity index (χ3n) is 2.47. The number of nitrogens with one attached hydrogen (secondary N) is 1. The summed E-state index contributed by atoms with van der Waals surface area (Å²) >= 11 is 1.78. The van der Waals surface area contributed by atoms with Crippen LogP contribution in [0, 0.1) is 0 Å². The SMILES string of the molecule is CC(NCc1cccs1)c1ccnn1C. The second kappa shape index (κ2) is 4.59. The van der Waals surface area contributed by atoms with Gasteiger partial charge < -0.3 is 5.32 Å². The maximum absolute atomic E-state index is 4.16. The first kappa shape index (κ1) is 10.4. The quantitative estimate of drug-likeness (QED) is 0.858. The van der Waals surface area contributed by atoms with E-state index in [1.165, 1.54) is 10.6 Å². The third-order valence-corrected chi connectivity index (χ3v) is 3.34. The maximum atomic E-state index is 4.16. The van der Waals surface area contributed by atoms with Gasteiger partial charge in [-0.2, -0.15) is 5.10 Å². The Morgan fingerprint density at radius 1 is 1.53 bits per heavy atom. The van der Waals surface area contributed by atoms with E-state index in [1.807, 2.05) is 24.0 Å². The first-order chi connectivity index (χ1) is 7.27. The summed E-state index contributed by atoms with van der Waals surface area (Å²) in [5, 5.41) is 9.74. The molecule has 1 atom stereocenters. The zero-order valence-corrected chi connectivity index (χ0v) is 9.79. The average molecular weight is 221 g/mol. The fourth-order valence-corrected chi connectivity index (χ4v) is 2.24. The van der Waals surface area contributed by atoms with E-state index in [9.17, 15) is 0 Å². The van der Waals surface area contributed by atoms with E-state index in [0.29, 0.717) is 6.04 Å². The topological polar surface area (TPSA) is 29.9 Å². The molecule has 2 aromatic rings. The molecule has 0 bridgehead atoms. The molecule has 0 saturated carbocycles. The van der Waals surface area contributed by atoms with Gasteiger partial charge in [-0.05, 0) is 24.4 Å². The average Bonchev–Trinajstić information content (AvgIpc) is 2.84. The molecule has 2 heterocycles. The minimum absolute atomic E-state index is 0.333. The number of hydrogen-bond acceptors (Lipinski definition) is 3. The van der Waals surface area contributed by atoms with Crippen LogP contribution in [0.3, 0.4) is 0 Å². The predicted molar refractivity (Wildman–Crippen MR) is 62.8 cm³/mol. The zero-order chi connectivity index (χ0) is 10.7. The van der Waals surface area contributed by atoms with Gasteiger partial charge in [0, 0.05) is 30.7 Å². The van der Waals surface area contributed by atoms with Crippen LogP contribution in [-0.2, 0) is 13.6 Å². The van der Waals surface area contributed by atoms with Crippen LogP contribution in [0.5, 0.6) is 0 Å². The van der Waals surface area contributed by atoms with Gasteiger partial charge in [-0.25, -0.2) is 0 Å². The highest BCUT2D eigenvalue weighted by molar-refractivity contribution is 7.09. The second-order valence-corrected chi connectivity index (χ2v) is 4.59. The van der Waals surface area contributed by atoms with Crippen LogP contribution < -0.4 is 5.32 Å². The number of aromatic nitrogens is 2. The van der Waals surface area contributed by atoms with Crippen molar-refractivity contribution < 1.29 is 0 Å². The summed E-state index contributed by atoms with van der Waals surface area (Å²) in [5.41, 5.74) is 1.21. The van der Waals surface area contributed by atoms with E-state index in [-0.39, 0.29) is 0 Å². The molecule has 0 amide bonds. The van der Waals surface area contributed by atoms with E-state index in [1.54, 1.807) is 11.3 Å². The van der Waals surface area contributed by atoms with Gasteiger partial charge in [-0.15, -0.1) is 11.3 Å². The Balaban J connectivity index is 1.93. The van der Waals surface area contributed by atoms with Crippen molar-refractivity contribution in [3.63, 3.8) is 0 Å². The summed E-state index contributed by atoms with van der Waals surface area (Å²) in [5.74, 6) is 0. The molecular formula is C11H15N3S. The molecule has 0 spiro atoms. The van der Waals surface area contributed by atoms with Gasteiger partial charge in [0.2, 0.25) is 0 Å². The monoisotopic (exact) mass is 221 g/mol. The molecule has 80 valence electrons. The fraction of sp³-hybridized carbons (Fsp3) is 0.364. The van der Waals surface area contributed by atoms with Crippen LogP contribution in [0.4, 0.5) is 0 Å². The summed E-state index contributed by atoms with van der Waals surface area (Å²) < 4.78 is 1.91. The van der Waals surface area contributed by atoms with Gasteiger partial charge in [0.1, 0.15) is 0 Å². The number of rotatable bonds is 4. The van der Waals surface area contributed by atoms with Crippen molar-refractivity contribution in [1.82, 2.24) is 15.1 Å². The van der Waals surface area contributed by atoms with Crippen molar-refractivity contribution in [2.45, 2.75) is 19.5 Å².